The highest BCUT2D eigenvalue weighted by Gasteiger charge is 2.03. The van der Waals surface area contributed by atoms with E-state index in [-0.39, 0.29) is 0 Å². The van der Waals surface area contributed by atoms with Gasteiger partial charge in [0, 0.05) is 21.9 Å². The summed E-state index contributed by atoms with van der Waals surface area (Å²) in [4.78, 5) is 1.46. The molecule has 16 heavy (non-hydrogen) atoms. The van der Waals surface area contributed by atoms with Gasteiger partial charge in [0.15, 0.2) is 0 Å². The molecule has 3 heteroatoms. The fourth-order valence-corrected chi connectivity index (χ4v) is 3.46. The van der Waals surface area contributed by atoms with Gasteiger partial charge < -0.3 is 5.73 Å². The molecule has 86 valence electrons. The zero-order valence-corrected chi connectivity index (χ0v) is 11.3. The zero-order valence-electron chi connectivity index (χ0n) is 9.69. The summed E-state index contributed by atoms with van der Waals surface area (Å²) in [6.45, 7) is 5.11. The highest BCUT2D eigenvalue weighted by molar-refractivity contribution is 7.99. The van der Waals surface area contributed by atoms with E-state index in [9.17, 15) is 0 Å². The first kappa shape index (κ1) is 12.0. The van der Waals surface area contributed by atoms with Crippen LogP contribution in [-0.4, -0.2) is 5.25 Å². The first-order valence-corrected chi connectivity index (χ1v) is 7.38. The molecule has 0 aliphatic carbocycles. The number of rotatable bonds is 4. The molecule has 0 spiro atoms. The van der Waals surface area contributed by atoms with Crippen LogP contribution in [0, 0.1) is 0 Å². The minimum absolute atomic E-state index is 0.627. The summed E-state index contributed by atoms with van der Waals surface area (Å²) in [6, 6.07) is 8.81. The van der Waals surface area contributed by atoms with E-state index >= 15 is 0 Å². The van der Waals surface area contributed by atoms with Crippen LogP contribution in [0.4, 0.5) is 0 Å². The second kappa shape index (κ2) is 5.21. The van der Waals surface area contributed by atoms with E-state index in [2.05, 4.69) is 38.1 Å². The van der Waals surface area contributed by atoms with Crippen LogP contribution in [0.3, 0.4) is 0 Å². The largest absolute Gasteiger partial charge is 0.326 e. The first-order valence-electron chi connectivity index (χ1n) is 5.52. The van der Waals surface area contributed by atoms with Crippen molar-refractivity contribution in [2.45, 2.75) is 31.4 Å². The standard InChI is InChI=1S/C13H17NS2/c1-9(2)15-8-12-6-11-5-10(7-14)3-4-13(11)16-12/h3-6,9H,7-8,14H2,1-2H3. The maximum absolute atomic E-state index is 5.65. The Kier molecular flexibility index (Phi) is 3.90. The van der Waals surface area contributed by atoms with E-state index in [1.54, 1.807) is 0 Å². The molecule has 2 rings (SSSR count). The van der Waals surface area contributed by atoms with Crippen LogP contribution in [0.15, 0.2) is 24.3 Å². The van der Waals surface area contributed by atoms with Gasteiger partial charge in [-0.3, -0.25) is 0 Å². The molecule has 2 aromatic rings. The molecule has 0 fully saturated rings. The maximum Gasteiger partial charge on any atom is 0.0346 e. The van der Waals surface area contributed by atoms with Crippen molar-refractivity contribution in [1.29, 1.82) is 0 Å². The van der Waals surface area contributed by atoms with E-state index in [1.165, 1.54) is 20.5 Å². The molecule has 0 unspecified atom stereocenters. The Labute approximate surface area is 105 Å². The molecule has 0 saturated heterocycles. The van der Waals surface area contributed by atoms with E-state index < -0.39 is 0 Å². The van der Waals surface area contributed by atoms with E-state index in [1.807, 2.05) is 23.1 Å². The molecule has 0 radical (unpaired) electrons. The molecular formula is C13H17NS2. The topological polar surface area (TPSA) is 26.0 Å². The lowest BCUT2D eigenvalue weighted by molar-refractivity contribution is 1.08. The predicted octanol–water partition coefficient (Wildman–Crippen LogP) is 4.00. The van der Waals surface area contributed by atoms with Crippen molar-refractivity contribution in [2.24, 2.45) is 5.73 Å². The lowest BCUT2D eigenvalue weighted by Gasteiger charge is -2.00. The number of fused-ring (bicyclic) bond motifs is 1. The highest BCUT2D eigenvalue weighted by atomic mass is 32.2. The molecule has 0 bridgehead atoms. The van der Waals surface area contributed by atoms with Crippen molar-refractivity contribution in [2.75, 3.05) is 0 Å². The summed E-state index contributed by atoms with van der Waals surface area (Å²) >= 11 is 3.89. The number of thioether (sulfide) groups is 1. The monoisotopic (exact) mass is 251 g/mol. The fourth-order valence-electron chi connectivity index (χ4n) is 1.59. The fraction of sp³-hybridized carbons (Fsp3) is 0.385. The summed E-state index contributed by atoms with van der Waals surface area (Å²) in [7, 11) is 0. The average molecular weight is 251 g/mol. The highest BCUT2D eigenvalue weighted by Crippen LogP contribution is 2.30. The molecule has 2 N–H and O–H groups in total. The van der Waals surface area contributed by atoms with Crippen LogP contribution >= 0.6 is 23.1 Å². The van der Waals surface area contributed by atoms with Gasteiger partial charge in [0.25, 0.3) is 0 Å². The Bertz CT molecular complexity index is 474. The third-order valence-corrected chi connectivity index (χ3v) is 4.87. The molecule has 0 aliphatic rings. The van der Waals surface area contributed by atoms with E-state index in [0.29, 0.717) is 11.8 Å². The molecular weight excluding hydrogens is 234 g/mol. The van der Waals surface area contributed by atoms with Gasteiger partial charge in [-0.2, -0.15) is 11.8 Å². The lowest BCUT2D eigenvalue weighted by Crippen LogP contribution is -1.94. The van der Waals surface area contributed by atoms with E-state index in [0.717, 1.165) is 5.75 Å². The molecule has 1 aromatic heterocycles. The Balaban J connectivity index is 2.22. The summed E-state index contributed by atoms with van der Waals surface area (Å²) in [5.74, 6) is 1.12. The zero-order chi connectivity index (χ0) is 11.5. The van der Waals surface area contributed by atoms with Crippen molar-refractivity contribution in [3.63, 3.8) is 0 Å². The number of nitrogens with two attached hydrogens (primary N) is 1. The normalized spacial score (nSPS) is 11.5. The molecule has 0 aliphatic heterocycles. The second-order valence-electron chi connectivity index (χ2n) is 4.15. The third kappa shape index (κ3) is 2.78. The number of thiophene rings is 1. The molecule has 1 aromatic carbocycles. The van der Waals surface area contributed by atoms with Crippen LogP contribution in [0.25, 0.3) is 10.1 Å². The van der Waals surface area contributed by atoms with E-state index in [4.69, 9.17) is 5.73 Å². The van der Waals surface area contributed by atoms with Crippen LogP contribution < -0.4 is 5.73 Å². The summed E-state index contributed by atoms with van der Waals surface area (Å²) < 4.78 is 1.37. The Morgan fingerprint density at radius 1 is 1.31 bits per heavy atom. The first-order chi connectivity index (χ1) is 7.69. The van der Waals surface area contributed by atoms with Crippen molar-refractivity contribution in [3.05, 3.63) is 34.7 Å². The van der Waals surface area contributed by atoms with Crippen molar-refractivity contribution >= 4 is 33.2 Å². The van der Waals surface area contributed by atoms with Crippen LogP contribution in [0.5, 0.6) is 0 Å². The predicted molar refractivity (Wildman–Crippen MR) is 76.1 cm³/mol. The van der Waals surface area contributed by atoms with Gasteiger partial charge in [0.05, 0.1) is 0 Å². The van der Waals surface area contributed by atoms with Crippen LogP contribution in [-0.2, 0) is 12.3 Å². The average Bonchev–Trinajstić information content (AvgIpc) is 2.67. The van der Waals surface area contributed by atoms with Crippen LogP contribution in [0.2, 0.25) is 0 Å². The van der Waals surface area contributed by atoms with Gasteiger partial charge >= 0.3 is 0 Å². The Hall–Kier alpha value is -0.510. The molecule has 1 heterocycles. The quantitative estimate of drug-likeness (QED) is 0.888. The Morgan fingerprint density at radius 3 is 2.81 bits per heavy atom. The second-order valence-corrected chi connectivity index (χ2v) is 6.88. The molecule has 0 saturated carbocycles. The maximum atomic E-state index is 5.65. The Morgan fingerprint density at radius 2 is 2.12 bits per heavy atom. The minimum Gasteiger partial charge on any atom is -0.326 e. The van der Waals surface area contributed by atoms with Gasteiger partial charge in [-0.05, 0) is 34.4 Å². The summed E-state index contributed by atoms with van der Waals surface area (Å²) in [5.41, 5.74) is 6.86. The van der Waals surface area contributed by atoms with Gasteiger partial charge in [-0.1, -0.05) is 19.9 Å². The third-order valence-electron chi connectivity index (χ3n) is 2.43. The van der Waals surface area contributed by atoms with Crippen molar-refractivity contribution in [3.8, 4) is 0 Å². The summed E-state index contributed by atoms with van der Waals surface area (Å²) in [5, 5.41) is 2.04. The van der Waals surface area contributed by atoms with Gasteiger partial charge in [0.1, 0.15) is 0 Å². The van der Waals surface area contributed by atoms with Gasteiger partial charge in [-0.15, -0.1) is 11.3 Å². The number of benzene rings is 1. The molecule has 1 nitrogen and oxygen atoms in total. The van der Waals surface area contributed by atoms with Crippen molar-refractivity contribution in [1.82, 2.24) is 0 Å². The molecule has 0 amide bonds. The summed E-state index contributed by atoms with van der Waals surface area (Å²) in [6.07, 6.45) is 0. The molecule has 0 atom stereocenters. The van der Waals surface area contributed by atoms with Crippen molar-refractivity contribution < 1.29 is 0 Å². The lowest BCUT2D eigenvalue weighted by atomic mass is 10.2. The van der Waals surface area contributed by atoms with Gasteiger partial charge in [-0.25, -0.2) is 0 Å². The number of hydrogen-bond donors (Lipinski definition) is 1. The van der Waals surface area contributed by atoms with Gasteiger partial charge in [0.2, 0.25) is 0 Å². The minimum atomic E-state index is 0.627. The van der Waals surface area contributed by atoms with Crippen LogP contribution in [0.1, 0.15) is 24.3 Å². The number of hydrogen-bond acceptors (Lipinski definition) is 3. The SMILES string of the molecule is CC(C)SCc1cc2cc(CN)ccc2s1. The smallest absolute Gasteiger partial charge is 0.0346 e.